The van der Waals surface area contributed by atoms with Crippen LogP contribution in [-0.2, 0) is 10.3 Å². The van der Waals surface area contributed by atoms with Gasteiger partial charge in [0, 0.05) is 18.1 Å². The molecule has 182 valence electrons. The first-order valence-electron chi connectivity index (χ1n) is 11.2. The summed E-state index contributed by atoms with van der Waals surface area (Å²) in [4.78, 5) is 17.8. The molecule has 1 saturated heterocycles. The first-order chi connectivity index (χ1) is 16.8. The van der Waals surface area contributed by atoms with Gasteiger partial charge >= 0.3 is 0 Å². The number of nitrogens with one attached hydrogen (secondary N) is 2. The van der Waals surface area contributed by atoms with Crippen molar-refractivity contribution in [3.63, 3.8) is 0 Å². The minimum atomic E-state index is -2.82. The maximum atomic E-state index is 14.0. The van der Waals surface area contributed by atoms with Gasteiger partial charge in [0.2, 0.25) is 11.9 Å². The summed E-state index contributed by atoms with van der Waals surface area (Å²) >= 11 is 6.05. The lowest BCUT2D eigenvalue weighted by Crippen LogP contribution is -2.35. The number of halogens is 3. The number of hydrogen-bond donors (Lipinski definition) is 2. The molecule has 8 nitrogen and oxygen atoms in total. The number of anilines is 1. The summed E-state index contributed by atoms with van der Waals surface area (Å²) in [5.41, 5.74) is 1.25. The van der Waals surface area contributed by atoms with Crippen LogP contribution in [0.3, 0.4) is 0 Å². The molecule has 0 bridgehead atoms. The van der Waals surface area contributed by atoms with Crippen molar-refractivity contribution in [1.82, 2.24) is 29.8 Å². The molecule has 1 aliphatic rings. The monoisotopic (exact) mass is 499 g/mol. The molecule has 5 rings (SSSR count). The molecule has 1 fully saturated rings. The molecule has 1 unspecified atom stereocenters. The normalized spacial score (nSPS) is 16.7. The van der Waals surface area contributed by atoms with Gasteiger partial charge in [-0.1, -0.05) is 35.9 Å². The minimum Gasteiger partial charge on any atom is -0.368 e. The van der Waals surface area contributed by atoms with Gasteiger partial charge in [0.25, 0.3) is 6.43 Å². The van der Waals surface area contributed by atoms with Crippen LogP contribution >= 0.6 is 11.6 Å². The molecule has 2 N–H and O–H groups in total. The van der Waals surface area contributed by atoms with Crippen molar-refractivity contribution < 1.29 is 13.5 Å². The first-order valence-corrected chi connectivity index (χ1v) is 11.6. The van der Waals surface area contributed by atoms with Gasteiger partial charge in [-0.15, -0.1) is 0 Å². The van der Waals surface area contributed by atoms with Gasteiger partial charge in [0.15, 0.2) is 11.6 Å². The minimum absolute atomic E-state index is 0.0441. The number of ether oxygens (including phenoxy) is 1. The molecule has 0 spiro atoms. The lowest BCUT2D eigenvalue weighted by Gasteiger charge is -2.28. The number of hydrogen-bond acceptors (Lipinski definition) is 7. The second kappa shape index (κ2) is 9.44. The van der Waals surface area contributed by atoms with Crippen molar-refractivity contribution in [2.75, 3.05) is 25.0 Å². The molecular formula is C24H24ClF2N7O. The zero-order valence-corrected chi connectivity index (χ0v) is 19.9. The van der Waals surface area contributed by atoms with Gasteiger partial charge in [-0.2, -0.15) is 15.0 Å². The third kappa shape index (κ3) is 4.82. The number of imidazole rings is 1. The lowest BCUT2D eigenvalue weighted by molar-refractivity contribution is 0.0220. The Balaban J connectivity index is 1.63. The van der Waals surface area contributed by atoms with Crippen LogP contribution < -0.4 is 10.6 Å². The molecule has 0 radical (unpaired) electrons. The highest BCUT2D eigenvalue weighted by molar-refractivity contribution is 6.30. The number of fused-ring (bicyclic) bond motifs is 1. The number of morpholine rings is 1. The molecular weight excluding hydrogens is 476 g/mol. The Bertz CT molecular complexity index is 1340. The Labute approximate surface area is 205 Å². The van der Waals surface area contributed by atoms with Gasteiger partial charge in [0.05, 0.1) is 23.2 Å². The summed E-state index contributed by atoms with van der Waals surface area (Å²) in [5.74, 6) is 0.184. The maximum Gasteiger partial charge on any atom is 0.296 e. The van der Waals surface area contributed by atoms with E-state index in [0.717, 1.165) is 5.56 Å². The van der Waals surface area contributed by atoms with Crippen molar-refractivity contribution in [2.24, 2.45) is 0 Å². The van der Waals surface area contributed by atoms with Crippen molar-refractivity contribution in [3.05, 3.63) is 70.8 Å². The van der Waals surface area contributed by atoms with Crippen LogP contribution in [0, 0.1) is 0 Å². The van der Waals surface area contributed by atoms with Crippen LogP contribution in [0.5, 0.6) is 0 Å². The van der Waals surface area contributed by atoms with E-state index in [2.05, 4.69) is 30.6 Å². The fraction of sp³-hybridized carbons (Fsp3) is 0.333. The average molecular weight is 500 g/mol. The fourth-order valence-corrected chi connectivity index (χ4v) is 4.16. The molecule has 0 aliphatic carbocycles. The first kappa shape index (κ1) is 23.5. The van der Waals surface area contributed by atoms with Crippen molar-refractivity contribution >= 4 is 28.6 Å². The number of aromatic nitrogens is 5. The van der Waals surface area contributed by atoms with E-state index in [1.54, 1.807) is 36.4 Å². The van der Waals surface area contributed by atoms with E-state index in [4.69, 9.17) is 16.3 Å². The highest BCUT2D eigenvalue weighted by Crippen LogP contribution is 2.30. The smallest absolute Gasteiger partial charge is 0.296 e. The number of para-hydroxylation sites is 2. The molecule has 35 heavy (non-hydrogen) atoms. The van der Waals surface area contributed by atoms with E-state index in [1.165, 1.54) is 4.57 Å². The van der Waals surface area contributed by atoms with Crippen molar-refractivity contribution in [2.45, 2.75) is 31.9 Å². The summed E-state index contributed by atoms with van der Waals surface area (Å²) in [6.45, 7) is 5.63. The molecule has 0 saturated carbocycles. The van der Waals surface area contributed by atoms with Gasteiger partial charge in [-0.25, -0.2) is 13.8 Å². The van der Waals surface area contributed by atoms with E-state index in [9.17, 15) is 8.78 Å². The predicted molar refractivity (Wildman–Crippen MR) is 129 cm³/mol. The highest BCUT2D eigenvalue weighted by atomic mass is 35.5. The largest absolute Gasteiger partial charge is 0.368 e. The van der Waals surface area contributed by atoms with Crippen LogP contribution in [0.1, 0.15) is 43.6 Å². The number of nitrogens with zero attached hydrogens (tertiary/aromatic N) is 5. The molecule has 1 atom stereocenters. The van der Waals surface area contributed by atoms with Crippen LogP contribution in [0.2, 0.25) is 5.02 Å². The van der Waals surface area contributed by atoms with E-state index < -0.39 is 23.9 Å². The molecule has 0 amide bonds. The second-order valence-corrected chi connectivity index (χ2v) is 9.17. The summed E-state index contributed by atoms with van der Waals surface area (Å²) in [6.07, 6.45) is -3.27. The number of rotatable bonds is 6. The Morgan fingerprint density at radius 1 is 1.09 bits per heavy atom. The molecule has 2 aromatic carbocycles. The zero-order valence-electron chi connectivity index (χ0n) is 19.2. The van der Waals surface area contributed by atoms with E-state index in [1.807, 2.05) is 26.0 Å². The molecule has 2 aromatic heterocycles. The standard InChI is InChI=1S/C24H24ClF2N7O/c1-24(2,14-7-9-15(25)10-8-14)33-22-30-20(18-13-28-11-12-35-18)31-23(32-22)34-17-6-4-3-5-16(17)29-21(34)19(26)27/h3-10,18-19,28H,11-13H2,1-2H3,(H,30,31,32,33). The van der Waals surface area contributed by atoms with E-state index in [-0.39, 0.29) is 11.9 Å². The van der Waals surface area contributed by atoms with Crippen LogP contribution in [0.15, 0.2) is 48.5 Å². The lowest BCUT2D eigenvalue weighted by atomic mass is 9.94. The molecule has 1 aliphatic heterocycles. The maximum absolute atomic E-state index is 14.0. The van der Waals surface area contributed by atoms with Crippen LogP contribution in [0.4, 0.5) is 14.7 Å². The summed E-state index contributed by atoms with van der Waals surface area (Å²) in [7, 11) is 0. The second-order valence-electron chi connectivity index (χ2n) is 8.73. The van der Waals surface area contributed by atoms with Crippen LogP contribution in [-0.4, -0.2) is 44.2 Å². The van der Waals surface area contributed by atoms with Gasteiger partial charge in [0.1, 0.15) is 6.10 Å². The Kier molecular flexibility index (Phi) is 6.35. The molecule has 3 heterocycles. The quantitative estimate of drug-likeness (QED) is 0.393. The molecule has 11 heteroatoms. The van der Waals surface area contributed by atoms with Crippen molar-refractivity contribution in [3.8, 4) is 5.95 Å². The van der Waals surface area contributed by atoms with E-state index >= 15 is 0 Å². The third-order valence-electron chi connectivity index (χ3n) is 5.83. The van der Waals surface area contributed by atoms with Gasteiger partial charge in [-0.3, -0.25) is 4.57 Å². The average Bonchev–Trinajstić information content (AvgIpc) is 3.24. The topological polar surface area (TPSA) is 89.8 Å². The Morgan fingerprint density at radius 3 is 2.57 bits per heavy atom. The third-order valence-corrected chi connectivity index (χ3v) is 6.08. The predicted octanol–water partition coefficient (Wildman–Crippen LogP) is 4.81. The number of benzene rings is 2. The zero-order chi connectivity index (χ0) is 24.6. The van der Waals surface area contributed by atoms with Gasteiger partial charge < -0.3 is 15.4 Å². The summed E-state index contributed by atoms with van der Waals surface area (Å²) in [5, 5.41) is 7.21. The molecule has 4 aromatic rings. The van der Waals surface area contributed by atoms with Crippen LogP contribution in [0.25, 0.3) is 17.0 Å². The summed E-state index contributed by atoms with van der Waals surface area (Å²) < 4.78 is 35.2. The Hall–Kier alpha value is -3.21. The van der Waals surface area contributed by atoms with E-state index in [0.29, 0.717) is 41.6 Å². The highest BCUT2D eigenvalue weighted by Gasteiger charge is 2.28. The van der Waals surface area contributed by atoms with Crippen molar-refractivity contribution in [1.29, 1.82) is 0 Å². The number of alkyl halides is 2. The SMILES string of the molecule is CC(C)(Nc1nc(C2CNCCO2)nc(-n2c(C(F)F)nc3ccccc32)n1)c1ccc(Cl)cc1. The fourth-order valence-electron chi connectivity index (χ4n) is 4.03. The van der Waals surface area contributed by atoms with Gasteiger partial charge in [-0.05, 0) is 43.7 Å². The Morgan fingerprint density at radius 2 is 1.86 bits per heavy atom. The summed E-state index contributed by atoms with van der Waals surface area (Å²) in [6, 6.07) is 14.3.